The van der Waals surface area contributed by atoms with E-state index in [-0.39, 0.29) is 18.0 Å². The van der Waals surface area contributed by atoms with Crippen molar-refractivity contribution >= 4 is 11.7 Å². The fraction of sp³-hybridized carbons (Fsp3) is 0.250. The number of methoxy groups -OCH3 is 1. The molecule has 2 aliphatic rings. The first kappa shape index (κ1) is 22.1. The monoisotopic (exact) mass is 479 g/mol. The summed E-state index contributed by atoms with van der Waals surface area (Å²) in [5, 5.41) is 3.62. The number of rotatable bonds is 5. The summed E-state index contributed by atoms with van der Waals surface area (Å²) in [6.45, 7) is 3.55. The van der Waals surface area contributed by atoms with E-state index in [0.29, 0.717) is 31.2 Å². The van der Waals surface area contributed by atoms with Crippen LogP contribution >= 0.6 is 0 Å². The molecule has 1 atom stereocenters. The summed E-state index contributed by atoms with van der Waals surface area (Å²) in [5.41, 5.74) is 4.87. The molecule has 2 aliphatic heterocycles. The third kappa shape index (κ3) is 3.84. The molecule has 2 aromatic heterocycles. The maximum Gasteiger partial charge on any atom is 0.298 e. The molecule has 1 fully saturated rings. The molecule has 1 N–H and O–H groups in total. The van der Waals surface area contributed by atoms with Crippen molar-refractivity contribution in [3.8, 4) is 45.9 Å². The van der Waals surface area contributed by atoms with Crippen LogP contribution in [0.15, 0.2) is 60.9 Å². The van der Waals surface area contributed by atoms with Gasteiger partial charge in [-0.1, -0.05) is 48.4 Å². The van der Waals surface area contributed by atoms with Gasteiger partial charge in [0.2, 0.25) is 5.78 Å². The fourth-order valence-corrected chi connectivity index (χ4v) is 4.81. The number of amides is 1. The molecule has 6 rings (SSSR count). The van der Waals surface area contributed by atoms with E-state index in [4.69, 9.17) is 14.5 Å². The van der Waals surface area contributed by atoms with Crippen LogP contribution < -0.4 is 14.8 Å². The number of nitrogens with one attached hydrogen (secondary N) is 1. The zero-order valence-corrected chi connectivity index (χ0v) is 20.1. The molecule has 4 aromatic rings. The van der Waals surface area contributed by atoms with Crippen molar-refractivity contribution in [2.45, 2.75) is 19.0 Å². The van der Waals surface area contributed by atoms with Crippen molar-refractivity contribution in [1.82, 2.24) is 24.6 Å². The summed E-state index contributed by atoms with van der Waals surface area (Å²) >= 11 is 0. The summed E-state index contributed by atoms with van der Waals surface area (Å²) < 4.78 is 13.5. The predicted molar refractivity (Wildman–Crippen MR) is 136 cm³/mol. The number of likely N-dealkylation sites (tertiary alicyclic amines) is 1. The van der Waals surface area contributed by atoms with Gasteiger partial charge in [0.05, 0.1) is 36.9 Å². The number of benzene rings is 2. The maximum atomic E-state index is 11.9. The number of carbonyl (C=O) groups is 1. The van der Waals surface area contributed by atoms with E-state index >= 15 is 0 Å². The minimum absolute atomic E-state index is 0.0779. The van der Waals surface area contributed by atoms with E-state index in [1.165, 1.54) is 0 Å². The standard InChI is InChI=1S/C28H25N5O3/c1-3-7-25(34)32-14-20(15-32)30-23-17-36-24-12-19(10-11-22(23)24)26-27(18-8-5-4-6-9-18)33-16-21(35-2)13-29-28(33)31-26/h4-6,8-13,16,20,23,30H,14-15,17H2,1-2H3/t23-/m0/s1. The number of hydrogen-bond acceptors (Lipinski definition) is 6. The van der Waals surface area contributed by atoms with Crippen LogP contribution in [0, 0.1) is 11.8 Å². The molecule has 8 heteroatoms. The van der Waals surface area contributed by atoms with Gasteiger partial charge in [0.25, 0.3) is 5.91 Å². The minimum atomic E-state index is -0.114. The Kier molecular flexibility index (Phi) is 5.55. The minimum Gasteiger partial charge on any atom is -0.494 e. The normalized spacial score (nSPS) is 16.6. The Morgan fingerprint density at radius 2 is 2.00 bits per heavy atom. The Balaban J connectivity index is 1.30. The highest BCUT2D eigenvalue weighted by Crippen LogP contribution is 2.39. The van der Waals surface area contributed by atoms with Crippen molar-refractivity contribution in [1.29, 1.82) is 0 Å². The van der Waals surface area contributed by atoms with E-state index in [2.05, 4.69) is 52.5 Å². The molecule has 180 valence electrons. The van der Waals surface area contributed by atoms with Gasteiger partial charge in [-0.3, -0.25) is 9.20 Å². The lowest BCUT2D eigenvalue weighted by atomic mass is 10.00. The summed E-state index contributed by atoms with van der Waals surface area (Å²) in [7, 11) is 1.63. The summed E-state index contributed by atoms with van der Waals surface area (Å²) in [4.78, 5) is 23.0. The fourth-order valence-electron chi connectivity index (χ4n) is 4.81. The zero-order chi connectivity index (χ0) is 24.6. The molecule has 0 saturated carbocycles. The molecular weight excluding hydrogens is 454 g/mol. The zero-order valence-electron chi connectivity index (χ0n) is 20.1. The number of carbonyl (C=O) groups excluding carboxylic acids is 1. The lowest BCUT2D eigenvalue weighted by molar-refractivity contribution is -0.129. The highest BCUT2D eigenvalue weighted by Gasteiger charge is 2.34. The molecule has 2 aromatic carbocycles. The van der Waals surface area contributed by atoms with Crippen LogP contribution in [0.5, 0.6) is 11.5 Å². The number of aromatic nitrogens is 3. The summed E-state index contributed by atoms with van der Waals surface area (Å²) in [5.74, 6) is 7.25. The molecule has 1 saturated heterocycles. The van der Waals surface area contributed by atoms with Crippen molar-refractivity contribution in [2.24, 2.45) is 0 Å². The predicted octanol–water partition coefficient (Wildman–Crippen LogP) is 3.33. The number of imidazole rings is 1. The first-order valence-corrected chi connectivity index (χ1v) is 11.9. The van der Waals surface area contributed by atoms with Crippen molar-refractivity contribution in [2.75, 3.05) is 26.8 Å². The Hall–Kier alpha value is -4.35. The van der Waals surface area contributed by atoms with Gasteiger partial charge >= 0.3 is 0 Å². The molecule has 0 radical (unpaired) electrons. The highest BCUT2D eigenvalue weighted by molar-refractivity contribution is 5.94. The summed E-state index contributed by atoms with van der Waals surface area (Å²) in [6.07, 6.45) is 3.58. The molecule has 0 spiro atoms. The Labute approximate surface area is 208 Å². The average molecular weight is 480 g/mol. The molecule has 0 bridgehead atoms. The van der Waals surface area contributed by atoms with Crippen LogP contribution in [0.4, 0.5) is 0 Å². The second-order valence-electron chi connectivity index (χ2n) is 8.90. The molecule has 4 heterocycles. The van der Waals surface area contributed by atoms with E-state index < -0.39 is 0 Å². The molecule has 36 heavy (non-hydrogen) atoms. The molecule has 0 aliphatic carbocycles. The second-order valence-corrected chi connectivity index (χ2v) is 8.90. The van der Waals surface area contributed by atoms with Gasteiger partial charge in [-0.2, -0.15) is 0 Å². The number of hydrogen-bond donors (Lipinski definition) is 1. The highest BCUT2D eigenvalue weighted by atomic mass is 16.5. The van der Waals surface area contributed by atoms with E-state index in [1.807, 2.05) is 28.8 Å². The maximum absolute atomic E-state index is 11.9. The van der Waals surface area contributed by atoms with Crippen LogP contribution in [0.2, 0.25) is 0 Å². The SMILES string of the molecule is CC#CC(=O)N1CC(N[C@H]2COc3cc(-c4nc5ncc(OC)cn5c4-c4ccccc4)ccc32)C1. The lowest BCUT2D eigenvalue weighted by Gasteiger charge is -2.39. The third-order valence-corrected chi connectivity index (χ3v) is 6.64. The molecular formula is C28H25N5O3. The van der Waals surface area contributed by atoms with Gasteiger partial charge in [0.1, 0.15) is 12.4 Å². The number of fused-ring (bicyclic) bond motifs is 2. The molecule has 8 nitrogen and oxygen atoms in total. The van der Waals surface area contributed by atoms with Gasteiger partial charge < -0.3 is 19.7 Å². The Morgan fingerprint density at radius 1 is 1.17 bits per heavy atom. The van der Waals surface area contributed by atoms with Gasteiger partial charge in [0.15, 0.2) is 5.75 Å². The molecule has 0 unspecified atom stereocenters. The Morgan fingerprint density at radius 3 is 2.78 bits per heavy atom. The lowest BCUT2D eigenvalue weighted by Crippen LogP contribution is -2.60. The van der Waals surface area contributed by atoms with Crippen molar-refractivity contribution in [3.63, 3.8) is 0 Å². The third-order valence-electron chi connectivity index (χ3n) is 6.64. The van der Waals surface area contributed by atoms with Gasteiger partial charge in [0, 0.05) is 35.8 Å². The first-order valence-electron chi connectivity index (χ1n) is 11.9. The van der Waals surface area contributed by atoms with Crippen LogP contribution in [-0.2, 0) is 4.79 Å². The van der Waals surface area contributed by atoms with E-state index in [1.54, 1.807) is 25.1 Å². The summed E-state index contributed by atoms with van der Waals surface area (Å²) in [6, 6.07) is 16.7. The van der Waals surface area contributed by atoms with Crippen LogP contribution in [-0.4, -0.2) is 58.0 Å². The van der Waals surface area contributed by atoms with Crippen LogP contribution in [0.25, 0.3) is 28.3 Å². The largest absolute Gasteiger partial charge is 0.494 e. The van der Waals surface area contributed by atoms with Crippen molar-refractivity contribution in [3.05, 3.63) is 66.5 Å². The smallest absolute Gasteiger partial charge is 0.298 e. The Bertz CT molecular complexity index is 1510. The van der Waals surface area contributed by atoms with Crippen LogP contribution in [0.3, 0.4) is 0 Å². The van der Waals surface area contributed by atoms with Crippen molar-refractivity contribution < 1.29 is 14.3 Å². The second kappa shape index (κ2) is 9.02. The molecule has 1 amide bonds. The topological polar surface area (TPSA) is 81.0 Å². The quantitative estimate of drug-likeness (QED) is 0.443. The van der Waals surface area contributed by atoms with Gasteiger partial charge in [-0.25, -0.2) is 9.97 Å². The van der Waals surface area contributed by atoms with E-state index in [9.17, 15) is 4.79 Å². The average Bonchev–Trinajstić information content (AvgIpc) is 3.46. The number of nitrogens with zero attached hydrogens (tertiary/aromatic N) is 4. The number of ether oxygens (including phenoxy) is 2. The van der Waals surface area contributed by atoms with Gasteiger partial charge in [-0.15, -0.1) is 0 Å². The van der Waals surface area contributed by atoms with E-state index in [0.717, 1.165) is 33.8 Å². The van der Waals surface area contributed by atoms with Crippen LogP contribution in [0.1, 0.15) is 18.5 Å². The van der Waals surface area contributed by atoms with Gasteiger partial charge in [-0.05, 0) is 18.9 Å². The first-order chi connectivity index (χ1) is 17.6.